The lowest BCUT2D eigenvalue weighted by molar-refractivity contribution is 0.481. The molecule has 0 N–H and O–H groups in total. The van der Waals surface area contributed by atoms with Gasteiger partial charge in [-0.1, -0.05) is 34.7 Å². The molecular formula is C10H11BrO. The fourth-order valence-electron chi connectivity index (χ4n) is 0.904. The van der Waals surface area contributed by atoms with E-state index in [-0.39, 0.29) is 0 Å². The van der Waals surface area contributed by atoms with Crippen LogP contribution in [0.1, 0.15) is 18.4 Å². The molecule has 1 aromatic heterocycles. The lowest BCUT2D eigenvalue weighted by Crippen LogP contribution is -1.76. The molecule has 0 aliphatic carbocycles. The van der Waals surface area contributed by atoms with E-state index in [2.05, 4.69) is 34.7 Å². The van der Waals surface area contributed by atoms with Gasteiger partial charge >= 0.3 is 0 Å². The van der Waals surface area contributed by atoms with E-state index >= 15 is 0 Å². The summed E-state index contributed by atoms with van der Waals surface area (Å²) in [5.41, 5.74) is 0. The Balaban J connectivity index is 2.52. The monoisotopic (exact) mass is 226 g/mol. The number of hydrogen-bond acceptors (Lipinski definition) is 1. The molecule has 0 amide bonds. The van der Waals surface area contributed by atoms with Crippen LogP contribution in [0.25, 0.3) is 0 Å². The van der Waals surface area contributed by atoms with Gasteiger partial charge in [-0.05, 0) is 12.1 Å². The lowest BCUT2D eigenvalue weighted by Gasteiger charge is -1.87. The number of rotatable bonds is 2. The topological polar surface area (TPSA) is 13.1 Å². The molecule has 1 rings (SSSR count). The summed E-state index contributed by atoms with van der Waals surface area (Å²) < 4.78 is 5.46. The Morgan fingerprint density at radius 2 is 2.08 bits per heavy atom. The molecule has 0 spiro atoms. The van der Waals surface area contributed by atoms with Crippen molar-refractivity contribution in [2.45, 2.75) is 19.8 Å². The van der Waals surface area contributed by atoms with Crippen molar-refractivity contribution in [3.05, 3.63) is 23.7 Å². The van der Waals surface area contributed by atoms with Crippen LogP contribution in [0, 0.1) is 11.8 Å². The molecule has 0 fully saturated rings. The maximum atomic E-state index is 5.46. The molecule has 0 atom stereocenters. The van der Waals surface area contributed by atoms with Crippen molar-refractivity contribution in [1.82, 2.24) is 0 Å². The number of alkyl halides is 1. The van der Waals surface area contributed by atoms with E-state index in [4.69, 9.17) is 4.42 Å². The standard InChI is InChI=1S/C10H11BrO/c1-2-9-6-7-10(12-9)5-3-4-8-11/h6-7H,2,5,8H2,1H3. The van der Waals surface area contributed by atoms with Gasteiger partial charge in [-0.3, -0.25) is 0 Å². The zero-order chi connectivity index (χ0) is 8.81. The Morgan fingerprint density at radius 3 is 2.67 bits per heavy atom. The van der Waals surface area contributed by atoms with Crippen molar-refractivity contribution in [3.63, 3.8) is 0 Å². The average molecular weight is 227 g/mol. The molecule has 0 bridgehead atoms. The minimum atomic E-state index is 0.714. The molecule has 0 aromatic carbocycles. The van der Waals surface area contributed by atoms with Gasteiger partial charge in [-0.15, -0.1) is 0 Å². The molecule has 64 valence electrons. The molecule has 1 aromatic rings. The molecule has 2 heteroatoms. The maximum Gasteiger partial charge on any atom is 0.116 e. The van der Waals surface area contributed by atoms with Crippen molar-refractivity contribution >= 4 is 15.9 Å². The predicted octanol–water partition coefficient (Wildman–Crippen LogP) is 2.78. The van der Waals surface area contributed by atoms with Crippen LogP contribution in [-0.2, 0) is 12.8 Å². The van der Waals surface area contributed by atoms with E-state index in [9.17, 15) is 0 Å². The zero-order valence-corrected chi connectivity index (χ0v) is 8.65. The quantitative estimate of drug-likeness (QED) is 0.559. The van der Waals surface area contributed by atoms with Gasteiger partial charge in [0, 0.05) is 6.42 Å². The first-order chi connectivity index (χ1) is 5.86. The summed E-state index contributed by atoms with van der Waals surface area (Å²) in [5.74, 6) is 7.92. The second-order valence-corrected chi connectivity index (χ2v) is 2.95. The van der Waals surface area contributed by atoms with Gasteiger partial charge in [-0.25, -0.2) is 0 Å². The van der Waals surface area contributed by atoms with Crippen molar-refractivity contribution < 1.29 is 4.42 Å². The maximum absolute atomic E-state index is 5.46. The van der Waals surface area contributed by atoms with E-state index in [1.54, 1.807) is 0 Å². The van der Waals surface area contributed by atoms with E-state index in [0.29, 0.717) is 6.42 Å². The van der Waals surface area contributed by atoms with Crippen LogP contribution in [0.3, 0.4) is 0 Å². The van der Waals surface area contributed by atoms with Crippen LogP contribution in [0.2, 0.25) is 0 Å². The Labute approximate surface area is 81.3 Å². The first-order valence-electron chi connectivity index (χ1n) is 3.96. The van der Waals surface area contributed by atoms with Crippen LogP contribution < -0.4 is 0 Å². The molecule has 0 saturated heterocycles. The highest BCUT2D eigenvalue weighted by atomic mass is 79.9. The Hall–Kier alpha value is -0.680. The third-order valence-corrected chi connectivity index (χ3v) is 1.80. The number of aryl methyl sites for hydroxylation is 1. The predicted molar refractivity (Wildman–Crippen MR) is 53.4 cm³/mol. The molecule has 0 saturated carbocycles. The minimum absolute atomic E-state index is 0.714. The molecule has 0 aliphatic rings. The minimum Gasteiger partial charge on any atom is -0.465 e. The van der Waals surface area contributed by atoms with Gasteiger partial charge in [0.2, 0.25) is 0 Å². The van der Waals surface area contributed by atoms with Crippen molar-refractivity contribution in [2.75, 3.05) is 5.33 Å². The van der Waals surface area contributed by atoms with E-state index in [1.165, 1.54) is 0 Å². The van der Waals surface area contributed by atoms with Crippen LogP contribution in [0.15, 0.2) is 16.5 Å². The average Bonchev–Trinajstić information content (AvgIpc) is 2.53. The van der Waals surface area contributed by atoms with Gasteiger partial charge < -0.3 is 4.42 Å². The van der Waals surface area contributed by atoms with Crippen LogP contribution in [-0.4, -0.2) is 5.33 Å². The van der Waals surface area contributed by atoms with Crippen LogP contribution >= 0.6 is 15.9 Å². The molecular weight excluding hydrogens is 216 g/mol. The largest absolute Gasteiger partial charge is 0.465 e. The second-order valence-electron chi connectivity index (χ2n) is 2.39. The highest BCUT2D eigenvalue weighted by Crippen LogP contribution is 2.08. The summed E-state index contributed by atoms with van der Waals surface area (Å²) in [6.45, 7) is 2.08. The van der Waals surface area contributed by atoms with Gasteiger partial charge in [0.15, 0.2) is 0 Å². The van der Waals surface area contributed by atoms with E-state index < -0.39 is 0 Å². The Bertz CT molecular complexity index is 290. The van der Waals surface area contributed by atoms with E-state index in [0.717, 1.165) is 23.3 Å². The fraction of sp³-hybridized carbons (Fsp3) is 0.400. The van der Waals surface area contributed by atoms with Gasteiger partial charge in [0.1, 0.15) is 11.5 Å². The SMILES string of the molecule is CCc1ccc(CC#CCBr)o1. The Kier molecular flexibility index (Phi) is 3.96. The molecule has 1 nitrogen and oxygen atoms in total. The lowest BCUT2D eigenvalue weighted by atomic mass is 10.3. The van der Waals surface area contributed by atoms with Gasteiger partial charge in [0.05, 0.1) is 11.8 Å². The normalized spacial score (nSPS) is 9.17. The van der Waals surface area contributed by atoms with Crippen LogP contribution in [0.5, 0.6) is 0 Å². The Morgan fingerprint density at radius 1 is 1.33 bits per heavy atom. The molecule has 0 aliphatic heterocycles. The summed E-state index contributed by atoms with van der Waals surface area (Å²) >= 11 is 3.24. The highest BCUT2D eigenvalue weighted by Gasteiger charge is 1.96. The van der Waals surface area contributed by atoms with E-state index in [1.807, 2.05) is 12.1 Å². The summed E-state index contributed by atoms with van der Waals surface area (Å²) in [4.78, 5) is 0. The van der Waals surface area contributed by atoms with Gasteiger partial charge in [0.25, 0.3) is 0 Å². The molecule has 0 unspecified atom stereocenters. The second kappa shape index (κ2) is 5.05. The number of halogens is 1. The number of furan rings is 1. The van der Waals surface area contributed by atoms with Crippen molar-refractivity contribution in [1.29, 1.82) is 0 Å². The first-order valence-corrected chi connectivity index (χ1v) is 5.08. The molecule has 1 heterocycles. The smallest absolute Gasteiger partial charge is 0.116 e. The fourth-order valence-corrected chi connectivity index (χ4v) is 1.10. The summed E-state index contributed by atoms with van der Waals surface area (Å²) in [6.07, 6.45) is 1.66. The first kappa shape index (κ1) is 9.41. The molecule has 12 heavy (non-hydrogen) atoms. The third kappa shape index (κ3) is 2.75. The summed E-state index contributed by atoms with van der Waals surface area (Å²) in [5, 5.41) is 0.730. The summed E-state index contributed by atoms with van der Waals surface area (Å²) in [7, 11) is 0. The zero-order valence-electron chi connectivity index (χ0n) is 7.06. The summed E-state index contributed by atoms with van der Waals surface area (Å²) in [6, 6.07) is 3.99. The van der Waals surface area contributed by atoms with Crippen molar-refractivity contribution in [3.8, 4) is 11.8 Å². The highest BCUT2D eigenvalue weighted by molar-refractivity contribution is 9.09. The van der Waals surface area contributed by atoms with Gasteiger partial charge in [-0.2, -0.15) is 0 Å². The number of hydrogen-bond donors (Lipinski definition) is 0. The molecule has 0 radical (unpaired) electrons. The van der Waals surface area contributed by atoms with Crippen molar-refractivity contribution in [2.24, 2.45) is 0 Å². The third-order valence-electron chi connectivity index (χ3n) is 1.52. The van der Waals surface area contributed by atoms with Crippen LogP contribution in [0.4, 0.5) is 0 Å².